The zero-order chi connectivity index (χ0) is 18.7. The molecule has 1 aliphatic rings. The third-order valence-corrected chi connectivity index (χ3v) is 4.32. The minimum Gasteiger partial charge on any atom is -0.370 e. The van der Waals surface area contributed by atoms with E-state index in [0.29, 0.717) is 25.4 Å². The van der Waals surface area contributed by atoms with E-state index in [0.717, 1.165) is 19.0 Å². The van der Waals surface area contributed by atoms with Crippen LogP contribution in [-0.4, -0.2) is 40.4 Å². The number of carbonyl (C=O) groups excluding carboxylic acids is 1. The first-order valence-corrected chi connectivity index (χ1v) is 8.55. The number of amides is 2. The molecular weight excluding hydrogens is 342 g/mol. The summed E-state index contributed by atoms with van der Waals surface area (Å²) in [6.07, 6.45) is 3.39. The van der Waals surface area contributed by atoms with E-state index < -0.39 is 5.92 Å². The van der Waals surface area contributed by atoms with Crippen molar-refractivity contribution in [1.29, 1.82) is 0 Å². The monoisotopic (exact) mass is 364 g/mol. The van der Waals surface area contributed by atoms with Crippen LogP contribution in [0.5, 0.6) is 0 Å². The van der Waals surface area contributed by atoms with E-state index in [1.165, 1.54) is 18.2 Å². The fraction of sp³-hybridized carbons (Fsp3) is 0.444. The second-order valence-corrected chi connectivity index (χ2v) is 6.33. The molecule has 1 aromatic heterocycles. The Hall–Kier alpha value is -2.48. The van der Waals surface area contributed by atoms with Gasteiger partial charge in [0.2, 0.25) is 0 Å². The third-order valence-electron chi connectivity index (χ3n) is 4.32. The number of aromatic nitrogens is 2. The average molecular weight is 364 g/mol. The lowest BCUT2D eigenvalue weighted by Gasteiger charge is -2.32. The molecule has 1 aromatic carbocycles. The summed E-state index contributed by atoms with van der Waals surface area (Å²) in [4.78, 5) is 14.1. The number of anilines is 1. The van der Waals surface area contributed by atoms with Gasteiger partial charge < -0.3 is 15.0 Å². The Morgan fingerprint density at radius 3 is 2.96 bits per heavy atom. The van der Waals surface area contributed by atoms with Crippen molar-refractivity contribution in [2.45, 2.75) is 32.4 Å². The van der Waals surface area contributed by atoms with Gasteiger partial charge in [0, 0.05) is 43.0 Å². The number of nitrogens with zero attached hydrogens (tertiary/aromatic N) is 3. The molecule has 2 heterocycles. The Kier molecular flexibility index (Phi) is 5.22. The quantitative estimate of drug-likeness (QED) is 0.901. The molecule has 0 radical (unpaired) electrons. The topological polar surface area (TPSA) is 59.4 Å². The van der Waals surface area contributed by atoms with E-state index >= 15 is 0 Å². The molecule has 26 heavy (non-hydrogen) atoms. The van der Waals surface area contributed by atoms with Gasteiger partial charge in [0.15, 0.2) is 0 Å². The number of rotatable bonds is 4. The number of halogens is 2. The smallest absolute Gasteiger partial charge is 0.322 e. The number of benzene rings is 1. The first-order valence-electron chi connectivity index (χ1n) is 8.55. The number of hydrogen-bond donors (Lipinski definition) is 1. The van der Waals surface area contributed by atoms with Gasteiger partial charge in [0.25, 0.3) is 5.92 Å². The Morgan fingerprint density at radius 1 is 1.46 bits per heavy atom. The largest absolute Gasteiger partial charge is 0.370 e. The average Bonchev–Trinajstić information content (AvgIpc) is 3.10. The first kappa shape index (κ1) is 18.3. The molecule has 2 amide bonds. The van der Waals surface area contributed by atoms with Gasteiger partial charge in [-0.25, -0.2) is 13.6 Å². The zero-order valence-corrected chi connectivity index (χ0v) is 14.8. The number of morpholine rings is 1. The summed E-state index contributed by atoms with van der Waals surface area (Å²) in [6.45, 7) is 4.81. The first-order chi connectivity index (χ1) is 12.4. The van der Waals surface area contributed by atoms with Gasteiger partial charge in [0.05, 0.1) is 19.3 Å². The predicted octanol–water partition coefficient (Wildman–Crippen LogP) is 3.62. The van der Waals surface area contributed by atoms with Gasteiger partial charge in [-0.05, 0) is 19.1 Å². The Morgan fingerprint density at radius 2 is 2.27 bits per heavy atom. The van der Waals surface area contributed by atoms with Crippen molar-refractivity contribution >= 4 is 11.7 Å². The van der Waals surface area contributed by atoms with Gasteiger partial charge in [-0.2, -0.15) is 5.10 Å². The standard InChI is InChI=1S/C18H22F2N4O2/c1-3-24-11-13(10-21-24)16-12-23(7-8-26-16)17(25)22-15-6-4-5-14(9-15)18(2,19)20/h4-6,9-11,16H,3,7-8,12H2,1-2H3,(H,22,25). The van der Waals surface area contributed by atoms with Gasteiger partial charge in [0.1, 0.15) is 6.10 Å². The van der Waals surface area contributed by atoms with Crippen LogP contribution in [0.2, 0.25) is 0 Å². The summed E-state index contributed by atoms with van der Waals surface area (Å²) >= 11 is 0. The molecule has 1 N–H and O–H groups in total. The number of alkyl halides is 2. The third kappa shape index (κ3) is 4.19. The fourth-order valence-corrected chi connectivity index (χ4v) is 2.83. The van der Waals surface area contributed by atoms with Crippen LogP contribution in [0.1, 0.15) is 31.1 Å². The molecule has 6 nitrogen and oxygen atoms in total. The molecule has 0 bridgehead atoms. The van der Waals surface area contributed by atoms with Crippen molar-refractivity contribution in [1.82, 2.24) is 14.7 Å². The molecule has 1 saturated heterocycles. The van der Waals surface area contributed by atoms with Gasteiger partial charge in [-0.1, -0.05) is 12.1 Å². The predicted molar refractivity (Wildman–Crippen MR) is 93.2 cm³/mol. The van der Waals surface area contributed by atoms with Crippen LogP contribution in [-0.2, 0) is 17.2 Å². The highest BCUT2D eigenvalue weighted by molar-refractivity contribution is 5.89. The number of nitrogens with one attached hydrogen (secondary N) is 1. The molecule has 3 rings (SSSR count). The number of aryl methyl sites for hydroxylation is 1. The van der Waals surface area contributed by atoms with Crippen LogP contribution in [0, 0.1) is 0 Å². The van der Waals surface area contributed by atoms with Crippen LogP contribution in [0.25, 0.3) is 0 Å². The molecule has 1 aliphatic heterocycles. The molecule has 2 aromatic rings. The van der Waals surface area contributed by atoms with E-state index in [-0.39, 0.29) is 17.7 Å². The van der Waals surface area contributed by atoms with E-state index in [2.05, 4.69) is 10.4 Å². The lowest BCUT2D eigenvalue weighted by Crippen LogP contribution is -2.44. The number of hydrogen-bond acceptors (Lipinski definition) is 3. The van der Waals surface area contributed by atoms with Gasteiger partial charge in [-0.15, -0.1) is 0 Å². The SMILES string of the molecule is CCn1cc(C2CN(C(=O)Nc3cccc(C(C)(F)F)c3)CCO2)cn1. The minimum atomic E-state index is -2.95. The van der Waals surface area contributed by atoms with Crippen molar-refractivity contribution < 1.29 is 18.3 Å². The van der Waals surface area contributed by atoms with Gasteiger partial charge in [-0.3, -0.25) is 4.68 Å². The maximum Gasteiger partial charge on any atom is 0.322 e. The van der Waals surface area contributed by atoms with Crippen molar-refractivity contribution in [2.75, 3.05) is 25.0 Å². The van der Waals surface area contributed by atoms with Crippen LogP contribution < -0.4 is 5.32 Å². The molecule has 140 valence electrons. The summed E-state index contributed by atoms with van der Waals surface area (Å²) in [5.41, 5.74) is 1.12. The molecule has 1 unspecified atom stereocenters. The Balaban J connectivity index is 1.66. The van der Waals surface area contributed by atoms with E-state index in [1.807, 2.05) is 13.1 Å². The number of urea groups is 1. The summed E-state index contributed by atoms with van der Waals surface area (Å²) < 4.78 is 34.4. The van der Waals surface area contributed by atoms with Crippen molar-refractivity contribution in [3.63, 3.8) is 0 Å². The van der Waals surface area contributed by atoms with Crippen LogP contribution >= 0.6 is 0 Å². The Labute approximate surface area is 150 Å². The summed E-state index contributed by atoms with van der Waals surface area (Å²) in [7, 11) is 0. The van der Waals surface area contributed by atoms with E-state index in [9.17, 15) is 13.6 Å². The van der Waals surface area contributed by atoms with E-state index in [4.69, 9.17) is 4.74 Å². The van der Waals surface area contributed by atoms with E-state index in [1.54, 1.807) is 21.8 Å². The highest BCUT2D eigenvalue weighted by Crippen LogP contribution is 2.29. The number of ether oxygens (including phenoxy) is 1. The van der Waals surface area contributed by atoms with Crippen molar-refractivity contribution in [3.8, 4) is 0 Å². The normalized spacial score (nSPS) is 18.0. The minimum absolute atomic E-state index is 0.137. The van der Waals surface area contributed by atoms with Crippen LogP contribution in [0.3, 0.4) is 0 Å². The molecule has 1 fully saturated rings. The second kappa shape index (κ2) is 7.41. The fourth-order valence-electron chi connectivity index (χ4n) is 2.83. The van der Waals surface area contributed by atoms with Crippen molar-refractivity contribution in [2.24, 2.45) is 0 Å². The lowest BCUT2D eigenvalue weighted by atomic mass is 10.1. The van der Waals surface area contributed by atoms with Crippen molar-refractivity contribution in [3.05, 3.63) is 47.8 Å². The Bertz CT molecular complexity index is 773. The molecular formula is C18H22F2N4O2. The number of carbonyl (C=O) groups is 1. The molecule has 0 spiro atoms. The summed E-state index contributed by atoms with van der Waals surface area (Å²) in [6, 6.07) is 5.39. The molecule has 8 heteroatoms. The molecule has 0 aliphatic carbocycles. The molecule has 1 atom stereocenters. The zero-order valence-electron chi connectivity index (χ0n) is 14.8. The van der Waals surface area contributed by atoms with Crippen LogP contribution in [0.4, 0.5) is 19.3 Å². The maximum atomic E-state index is 13.4. The van der Waals surface area contributed by atoms with Gasteiger partial charge >= 0.3 is 6.03 Å². The highest BCUT2D eigenvalue weighted by Gasteiger charge is 2.27. The summed E-state index contributed by atoms with van der Waals surface area (Å²) in [5.74, 6) is -2.95. The van der Waals surface area contributed by atoms with Crippen LogP contribution in [0.15, 0.2) is 36.7 Å². The lowest BCUT2D eigenvalue weighted by molar-refractivity contribution is -0.0135. The summed E-state index contributed by atoms with van der Waals surface area (Å²) in [5, 5.41) is 6.92. The second-order valence-electron chi connectivity index (χ2n) is 6.33. The highest BCUT2D eigenvalue weighted by atomic mass is 19.3. The maximum absolute atomic E-state index is 13.4. The molecule has 0 saturated carbocycles.